The van der Waals surface area contributed by atoms with E-state index in [4.69, 9.17) is 5.11 Å². The Hall–Kier alpha value is -3.60. The van der Waals surface area contributed by atoms with E-state index in [0.29, 0.717) is 49.4 Å². The minimum absolute atomic E-state index is 0.0235. The Bertz CT molecular complexity index is 1390. The molecule has 1 aromatic heterocycles. The van der Waals surface area contributed by atoms with Gasteiger partial charge in [-0.1, -0.05) is 47.6 Å². The maximum absolute atomic E-state index is 14.0. The van der Waals surface area contributed by atoms with Gasteiger partial charge < -0.3 is 25.7 Å². The van der Waals surface area contributed by atoms with Gasteiger partial charge in [0.05, 0.1) is 17.3 Å². The molecule has 3 heterocycles. The topological polar surface area (TPSA) is 133 Å². The fourth-order valence-electron chi connectivity index (χ4n) is 5.79. The van der Waals surface area contributed by atoms with E-state index in [0.717, 1.165) is 37.9 Å². The summed E-state index contributed by atoms with van der Waals surface area (Å²) in [7, 11) is 0. The van der Waals surface area contributed by atoms with Gasteiger partial charge >= 0.3 is 0 Å². The van der Waals surface area contributed by atoms with E-state index in [2.05, 4.69) is 53.9 Å². The zero-order valence-electron chi connectivity index (χ0n) is 26.6. The molecule has 3 atom stereocenters. The molecule has 0 aliphatic carbocycles. The number of piperidine rings is 1. The van der Waals surface area contributed by atoms with Crippen molar-refractivity contribution in [3.05, 3.63) is 71.1 Å². The number of hydrogen-bond donors (Lipinski definition) is 4. The van der Waals surface area contributed by atoms with Crippen LogP contribution in [-0.4, -0.2) is 63.3 Å². The van der Waals surface area contributed by atoms with Gasteiger partial charge in [0.1, 0.15) is 0 Å². The second kappa shape index (κ2) is 15.4. The Morgan fingerprint density at radius 3 is 2.80 bits per heavy atom. The largest absolute Gasteiger partial charge is 0.396 e. The molecule has 0 bridgehead atoms. The van der Waals surface area contributed by atoms with E-state index < -0.39 is 11.5 Å². The van der Waals surface area contributed by atoms with Crippen LogP contribution in [0.1, 0.15) is 71.1 Å². The summed E-state index contributed by atoms with van der Waals surface area (Å²) >= 11 is 0. The number of nitrogens with zero attached hydrogens (tertiary/aromatic N) is 4. The molecule has 0 spiro atoms. The van der Waals surface area contributed by atoms with Crippen LogP contribution in [0, 0.1) is 11.8 Å². The van der Waals surface area contributed by atoms with Gasteiger partial charge in [0.15, 0.2) is 5.60 Å². The van der Waals surface area contributed by atoms with Crippen molar-refractivity contribution in [2.45, 2.75) is 78.4 Å². The van der Waals surface area contributed by atoms with Crippen molar-refractivity contribution in [1.82, 2.24) is 20.3 Å². The molecular weight excluding hydrogens is 556 g/mol. The van der Waals surface area contributed by atoms with Crippen molar-refractivity contribution in [3.63, 3.8) is 0 Å². The van der Waals surface area contributed by atoms with Crippen molar-refractivity contribution < 1.29 is 19.8 Å². The molecule has 2 aromatic rings. The van der Waals surface area contributed by atoms with Gasteiger partial charge in [0.2, 0.25) is 5.91 Å². The minimum atomic E-state index is -1.79. The number of amides is 2. The van der Waals surface area contributed by atoms with E-state index in [1.54, 1.807) is 15.6 Å². The standard InChI is InChI=1S/C34H48N6O4/c1-24(2)9-7-10-25(3)15-19-40-31-14-13-28(36-32(42)27-12-8-17-35-22-27)21-30(31)34(44,33(40)43)26(4)11-5-6-18-39-23-29(16-20-41)37-38-39/h5,9,11,13-15,21,23,26-27,35,41,44H,6-8,10,12,16-20,22H2,1-4H3,(H,36,42)/b11-5+,25-15+/t26-,27?,34+/m0/s1. The van der Waals surface area contributed by atoms with Gasteiger partial charge in [-0.3, -0.25) is 14.3 Å². The molecule has 1 aromatic carbocycles. The first-order valence-corrected chi connectivity index (χ1v) is 15.8. The van der Waals surface area contributed by atoms with Crippen molar-refractivity contribution in [1.29, 1.82) is 0 Å². The van der Waals surface area contributed by atoms with Crippen molar-refractivity contribution >= 4 is 23.2 Å². The molecule has 4 rings (SSSR count). The summed E-state index contributed by atoms with van der Waals surface area (Å²) in [4.78, 5) is 28.6. The van der Waals surface area contributed by atoms with E-state index in [1.807, 2.05) is 37.4 Å². The monoisotopic (exact) mass is 604 g/mol. The number of allylic oxidation sites excluding steroid dienone is 4. The summed E-state index contributed by atoms with van der Waals surface area (Å²) in [6.45, 7) is 10.6. The predicted octanol–water partition coefficient (Wildman–Crippen LogP) is 4.26. The Morgan fingerprint density at radius 2 is 2.07 bits per heavy atom. The number of anilines is 2. The molecule has 10 heteroatoms. The number of aromatic nitrogens is 3. The second-order valence-electron chi connectivity index (χ2n) is 12.3. The lowest BCUT2D eigenvalue weighted by Crippen LogP contribution is -2.44. The quantitative estimate of drug-likeness (QED) is 0.237. The predicted molar refractivity (Wildman–Crippen MR) is 173 cm³/mol. The van der Waals surface area contributed by atoms with E-state index in [1.165, 1.54) is 11.1 Å². The maximum atomic E-state index is 14.0. The summed E-state index contributed by atoms with van der Waals surface area (Å²) in [5.74, 6) is -1.07. The van der Waals surface area contributed by atoms with Crippen LogP contribution in [0.4, 0.5) is 11.4 Å². The van der Waals surface area contributed by atoms with Crippen LogP contribution in [-0.2, 0) is 28.2 Å². The average Bonchev–Trinajstić information content (AvgIpc) is 3.54. The normalized spacial score (nSPS) is 21.0. The molecule has 4 N–H and O–H groups in total. The summed E-state index contributed by atoms with van der Waals surface area (Å²) in [6.07, 6.45) is 14.6. The van der Waals surface area contributed by atoms with Gasteiger partial charge in [-0.15, -0.1) is 5.10 Å². The lowest BCUT2D eigenvalue weighted by atomic mass is 9.82. The number of rotatable bonds is 14. The van der Waals surface area contributed by atoms with Gasteiger partial charge in [-0.05, 0) is 77.6 Å². The third kappa shape index (κ3) is 8.11. The van der Waals surface area contributed by atoms with Crippen LogP contribution >= 0.6 is 0 Å². The molecule has 2 aliphatic rings. The van der Waals surface area contributed by atoms with Crippen LogP contribution in [0.3, 0.4) is 0 Å². The molecule has 0 radical (unpaired) electrons. The van der Waals surface area contributed by atoms with E-state index in [9.17, 15) is 14.7 Å². The molecule has 44 heavy (non-hydrogen) atoms. The first kappa shape index (κ1) is 33.3. The van der Waals surface area contributed by atoms with E-state index >= 15 is 0 Å². The highest BCUT2D eigenvalue weighted by Gasteiger charge is 2.52. The fourth-order valence-corrected chi connectivity index (χ4v) is 5.79. The molecule has 2 aliphatic heterocycles. The third-order valence-electron chi connectivity index (χ3n) is 8.48. The van der Waals surface area contributed by atoms with Crippen molar-refractivity contribution in [3.8, 4) is 0 Å². The molecule has 1 fully saturated rings. The van der Waals surface area contributed by atoms with Gasteiger partial charge in [0, 0.05) is 56.0 Å². The molecule has 10 nitrogen and oxygen atoms in total. The number of aryl methyl sites for hydroxylation is 1. The smallest absolute Gasteiger partial charge is 0.264 e. The molecule has 1 saturated heterocycles. The number of carbonyl (C=O) groups excluding carboxylic acids is 2. The second-order valence-corrected chi connectivity index (χ2v) is 12.3. The molecule has 1 unspecified atom stereocenters. The number of hydrogen-bond acceptors (Lipinski definition) is 7. The van der Waals surface area contributed by atoms with Crippen LogP contribution in [0.25, 0.3) is 0 Å². The number of aliphatic hydroxyl groups excluding tert-OH is 1. The molecule has 2 amide bonds. The highest BCUT2D eigenvalue weighted by atomic mass is 16.3. The fraction of sp³-hybridized carbons (Fsp3) is 0.529. The van der Waals surface area contributed by atoms with Crippen LogP contribution in [0.5, 0.6) is 0 Å². The average molecular weight is 605 g/mol. The number of aliphatic hydroxyl groups is 2. The Kier molecular flexibility index (Phi) is 11.7. The first-order chi connectivity index (χ1) is 21.1. The molecule has 238 valence electrons. The number of nitrogens with one attached hydrogen (secondary N) is 2. The summed E-state index contributed by atoms with van der Waals surface area (Å²) in [5.41, 5.74) is 3.13. The Balaban J connectivity index is 1.54. The molecular formula is C34H48N6O4. The lowest BCUT2D eigenvalue weighted by Gasteiger charge is -2.28. The van der Waals surface area contributed by atoms with Crippen LogP contribution in [0.15, 0.2) is 59.8 Å². The maximum Gasteiger partial charge on any atom is 0.264 e. The third-order valence-corrected chi connectivity index (χ3v) is 8.48. The van der Waals surface area contributed by atoms with Gasteiger partial charge in [-0.25, -0.2) is 0 Å². The van der Waals surface area contributed by atoms with E-state index in [-0.39, 0.29) is 24.3 Å². The number of fused-ring (bicyclic) bond motifs is 1. The summed E-state index contributed by atoms with van der Waals surface area (Å²) < 4.78 is 1.72. The highest BCUT2D eigenvalue weighted by Crippen LogP contribution is 2.46. The summed E-state index contributed by atoms with van der Waals surface area (Å²) in [5, 5.41) is 35.7. The molecule has 0 saturated carbocycles. The van der Waals surface area contributed by atoms with Crippen LogP contribution in [0.2, 0.25) is 0 Å². The van der Waals surface area contributed by atoms with Gasteiger partial charge in [-0.2, -0.15) is 0 Å². The van der Waals surface area contributed by atoms with Crippen molar-refractivity contribution in [2.24, 2.45) is 11.8 Å². The zero-order valence-corrected chi connectivity index (χ0v) is 26.6. The summed E-state index contributed by atoms with van der Waals surface area (Å²) in [6, 6.07) is 5.40. The van der Waals surface area contributed by atoms with Gasteiger partial charge in [0.25, 0.3) is 5.91 Å². The Morgan fingerprint density at radius 1 is 1.25 bits per heavy atom. The first-order valence-electron chi connectivity index (χ1n) is 15.8. The van der Waals surface area contributed by atoms with Crippen molar-refractivity contribution in [2.75, 3.05) is 36.5 Å². The zero-order chi connectivity index (χ0) is 31.7. The Labute approximate surface area is 260 Å². The minimum Gasteiger partial charge on any atom is -0.396 e. The highest BCUT2D eigenvalue weighted by molar-refractivity contribution is 6.08. The number of carbonyl (C=O) groups is 2. The number of benzene rings is 1. The van der Waals surface area contributed by atoms with Crippen LogP contribution < -0.4 is 15.5 Å². The SMILES string of the molecule is CC(C)=CCC/C(C)=C/CN1C(=O)[C@@](O)([C@@H](C)/C=C/CCn2cc(CCO)nn2)c2cc(NC(=O)C3CCCNC3)ccc21. The lowest BCUT2D eigenvalue weighted by molar-refractivity contribution is -0.139.